The molecule has 114 valence electrons. The minimum atomic E-state index is 0.462. The number of nitrogens with one attached hydrogen (secondary N) is 1. The van der Waals surface area contributed by atoms with Crippen molar-refractivity contribution in [3.05, 3.63) is 46.1 Å². The van der Waals surface area contributed by atoms with E-state index in [1.165, 1.54) is 4.80 Å². The lowest BCUT2D eigenvalue weighted by molar-refractivity contribution is 0.530. The third-order valence-corrected chi connectivity index (χ3v) is 3.40. The van der Waals surface area contributed by atoms with Gasteiger partial charge in [0.2, 0.25) is 0 Å². The van der Waals surface area contributed by atoms with Crippen molar-refractivity contribution in [3.63, 3.8) is 0 Å². The van der Waals surface area contributed by atoms with Gasteiger partial charge in [-0.25, -0.2) is 0 Å². The zero-order chi connectivity index (χ0) is 15.5. The molecule has 1 N–H and O–H groups in total. The number of aromatic nitrogens is 4. The van der Waals surface area contributed by atoms with Gasteiger partial charge in [0.1, 0.15) is 11.5 Å². The number of halogens is 2. The fourth-order valence-corrected chi connectivity index (χ4v) is 2.46. The van der Waals surface area contributed by atoms with Crippen LogP contribution in [0.15, 0.2) is 34.7 Å². The molecule has 0 unspecified atom stereocenters. The van der Waals surface area contributed by atoms with Gasteiger partial charge in [-0.2, -0.15) is 4.80 Å². The molecular weight excluding hydrogens is 325 g/mol. The van der Waals surface area contributed by atoms with Crippen LogP contribution in [0.2, 0.25) is 10.0 Å². The quantitative estimate of drug-likeness (QED) is 0.765. The average molecular weight is 338 g/mol. The Balaban J connectivity index is 1.70. The van der Waals surface area contributed by atoms with Crippen LogP contribution in [0.25, 0.3) is 11.3 Å². The molecule has 0 amide bonds. The molecule has 0 saturated heterocycles. The maximum Gasteiger partial charge on any atom is 0.263 e. The van der Waals surface area contributed by atoms with Gasteiger partial charge in [-0.15, -0.1) is 5.10 Å². The molecule has 0 aliphatic rings. The zero-order valence-corrected chi connectivity index (χ0v) is 13.3. The summed E-state index contributed by atoms with van der Waals surface area (Å²) >= 11 is 12.0. The third kappa shape index (κ3) is 3.40. The summed E-state index contributed by atoms with van der Waals surface area (Å²) in [5.41, 5.74) is 0.832. The lowest BCUT2D eigenvalue weighted by Crippen LogP contribution is -2.02. The van der Waals surface area contributed by atoms with Crippen LogP contribution in [0.1, 0.15) is 12.7 Å². The summed E-state index contributed by atoms with van der Waals surface area (Å²) in [5, 5.41) is 16.1. The van der Waals surface area contributed by atoms with Crippen molar-refractivity contribution >= 4 is 29.2 Å². The van der Waals surface area contributed by atoms with Crippen LogP contribution in [-0.2, 0) is 13.1 Å². The van der Waals surface area contributed by atoms with Crippen LogP contribution in [0.4, 0.5) is 5.95 Å². The Labute approximate surface area is 137 Å². The molecular formula is C14H13Cl2N5O. The van der Waals surface area contributed by atoms with Crippen molar-refractivity contribution in [2.45, 2.75) is 20.0 Å². The highest BCUT2D eigenvalue weighted by molar-refractivity contribution is 6.35. The summed E-state index contributed by atoms with van der Waals surface area (Å²) in [5.74, 6) is 1.91. The summed E-state index contributed by atoms with van der Waals surface area (Å²) < 4.78 is 5.77. The Hall–Kier alpha value is -2.05. The van der Waals surface area contributed by atoms with Gasteiger partial charge in [-0.3, -0.25) is 0 Å². The smallest absolute Gasteiger partial charge is 0.263 e. The molecule has 3 aromatic rings. The van der Waals surface area contributed by atoms with E-state index in [1.54, 1.807) is 18.2 Å². The predicted molar refractivity (Wildman–Crippen MR) is 85.0 cm³/mol. The molecule has 0 aliphatic carbocycles. The highest BCUT2D eigenvalue weighted by atomic mass is 35.5. The topological polar surface area (TPSA) is 68.8 Å². The average Bonchev–Trinajstić information content (AvgIpc) is 3.13. The number of nitrogens with zero attached hydrogens (tertiary/aromatic N) is 4. The molecule has 0 bridgehead atoms. The maximum absolute atomic E-state index is 6.00. The van der Waals surface area contributed by atoms with Gasteiger partial charge in [0.05, 0.1) is 13.1 Å². The lowest BCUT2D eigenvalue weighted by Gasteiger charge is -2.01. The van der Waals surface area contributed by atoms with E-state index in [4.69, 9.17) is 27.6 Å². The first-order valence-corrected chi connectivity index (χ1v) is 7.46. The fourth-order valence-electron chi connectivity index (χ4n) is 1.94. The van der Waals surface area contributed by atoms with E-state index in [-0.39, 0.29) is 0 Å². The van der Waals surface area contributed by atoms with Crippen molar-refractivity contribution in [1.29, 1.82) is 0 Å². The minimum absolute atomic E-state index is 0.462. The minimum Gasteiger partial charge on any atom is -0.459 e. The van der Waals surface area contributed by atoms with Gasteiger partial charge in [-0.05, 0) is 42.5 Å². The highest BCUT2D eigenvalue weighted by Gasteiger charge is 2.08. The molecule has 0 saturated carbocycles. The van der Waals surface area contributed by atoms with E-state index in [1.807, 2.05) is 19.1 Å². The summed E-state index contributed by atoms with van der Waals surface area (Å²) in [7, 11) is 0. The van der Waals surface area contributed by atoms with Crippen LogP contribution < -0.4 is 5.32 Å². The molecule has 3 rings (SSSR count). The van der Waals surface area contributed by atoms with Crippen molar-refractivity contribution in [1.82, 2.24) is 20.2 Å². The molecule has 0 spiro atoms. The van der Waals surface area contributed by atoms with Crippen molar-refractivity contribution in [2.24, 2.45) is 0 Å². The standard InChI is InChI=1S/C14H13Cl2N5O/c1-2-21-19-14(18-20-21)17-8-12-3-4-13(22-12)9-5-10(15)7-11(16)6-9/h3-7H,2,8H2,1H3,(H,17,19). The first-order chi connectivity index (χ1) is 10.6. The van der Waals surface area contributed by atoms with E-state index < -0.39 is 0 Å². The van der Waals surface area contributed by atoms with Gasteiger partial charge in [0.25, 0.3) is 5.95 Å². The Morgan fingerprint density at radius 1 is 1.18 bits per heavy atom. The highest BCUT2D eigenvalue weighted by Crippen LogP contribution is 2.28. The van der Waals surface area contributed by atoms with Crippen molar-refractivity contribution in [3.8, 4) is 11.3 Å². The van der Waals surface area contributed by atoms with Crippen LogP contribution >= 0.6 is 23.2 Å². The van der Waals surface area contributed by atoms with Gasteiger partial charge < -0.3 is 9.73 Å². The molecule has 0 aliphatic heterocycles. The maximum atomic E-state index is 6.00. The monoisotopic (exact) mass is 337 g/mol. The zero-order valence-electron chi connectivity index (χ0n) is 11.8. The lowest BCUT2D eigenvalue weighted by atomic mass is 10.2. The Morgan fingerprint density at radius 3 is 2.64 bits per heavy atom. The molecule has 22 heavy (non-hydrogen) atoms. The molecule has 0 atom stereocenters. The molecule has 1 aromatic carbocycles. The van der Waals surface area contributed by atoms with Crippen LogP contribution in [0.5, 0.6) is 0 Å². The Kier molecular flexibility index (Phi) is 4.31. The van der Waals surface area contributed by atoms with Crippen LogP contribution in [-0.4, -0.2) is 20.2 Å². The number of benzene rings is 1. The number of furan rings is 1. The van der Waals surface area contributed by atoms with Crippen molar-refractivity contribution in [2.75, 3.05) is 5.32 Å². The van der Waals surface area contributed by atoms with Gasteiger partial charge in [0.15, 0.2) is 0 Å². The summed E-state index contributed by atoms with van der Waals surface area (Å²) in [4.78, 5) is 1.50. The second kappa shape index (κ2) is 6.37. The fraction of sp³-hybridized carbons (Fsp3) is 0.214. The van der Waals surface area contributed by atoms with E-state index in [9.17, 15) is 0 Å². The molecule has 0 fully saturated rings. The van der Waals surface area contributed by atoms with E-state index >= 15 is 0 Å². The Bertz CT molecular complexity index is 763. The number of aryl methyl sites for hydroxylation is 1. The molecule has 0 radical (unpaired) electrons. The normalized spacial score (nSPS) is 10.9. The summed E-state index contributed by atoms with van der Waals surface area (Å²) in [6.45, 7) is 3.08. The summed E-state index contributed by atoms with van der Waals surface area (Å²) in [6, 6.07) is 9.03. The first kappa shape index (κ1) is 14.9. The number of anilines is 1. The largest absolute Gasteiger partial charge is 0.459 e. The number of hydrogen-bond donors (Lipinski definition) is 1. The Morgan fingerprint density at radius 2 is 1.95 bits per heavy atom. The summed E-state index contributed by atoms with van der Waals surface area (Å²) in [6.07, 6.45) is 0. The second-order valence-electron chi connectivity index (χ2n) is 4.58. The van der Waals surface area contributed by atoms with E-state index in [2.05, 4.69) is 20.7 Å². The van der Waals surface area contributed by atoms with Gasteiger partial charge >= 0.3 is 0 Å². The van der Waals surface area contributed by atoms with E-state index in [0.29, 0.717) is 34.8 Å². The molecule has 2 heterocycles. The van der Waals surface area contributed by atoms with Crippen LogP contribution in [0, 0.1) is 0 Å². The number of rotatable bonds is 5. The number of hydrogen-bond acceptors (Lipinski definition) is 5. The third-order valence-electron chi connectivity index (χ3n) is 2.97. The SMILES string of the molecule is CCn1nnc(NCc2ccc(-c3cc(Cl)cc(Cl)c3)o2)n1. The number of tetrazole rings is 1. The van der Waals surface area contributed by atoms with E-state index in [0.717, 1.165) is 11.3 Å². The van der Waals surface area contributed by atoms with Crippen molar-refractivity contribution < 1.29 is 4.42 Å². The predicted octanol–water partition coefficient (Wildman–Crippen LogP) is 3.87. The molecule has 2 aromatic heterocycles. The van der Waals surface area contributed by atoms with Gasteiger partial charge in [-0.1, -0.05) is 28.3 Å². The second-order valence-corrected chi connectivity index (χ2v) is 5.45. The van der Waals surface area contributed by atoms with Gasteiger partial charge in [0, 0.05) is 15.6 Å². The van der Waals surface area contributed by atoms with Crippen LogP contribution in [0.3, 0.4) is 0 Å². The molecule has 8 heteroatoms. The molecule has 6 nitrogen and oxygen atoms in total. The first-order valence-electron chi connectivity index (χ1n) is 6.71.